The van der Waals surface area contributed by atoms with Gasteiger partial charge in [-0.15, -0.1) is 0 Å². The second kappa shape index (κ2) is 5.36. The summed E-state index contributed by atoms with van der Waals surface area (Å²) in [6, 6.07) is 6.06. The van der Waals surface area contributed by atoms with Crippen LogP contribution in [0.25, 0.3) is 0 Å². The first kappa shape index (κ1) is 13.1. The van der Waals surface area contributed by atoms with Gasteiger partial charge in [0.1, 0.15) is 5.75 Å². The zero-order chi connectivity index (χ0) is 12.2. The highest BCUT2D eigenvalue weighted by Gasteiger charge is 2.18. The predicted molar refractivity (Wildman–Crippen MR) is 69.7 cm³/mol. The zero-order valence-electron chi connectivity index (χ0n) is 10.8. The summed E-state index contributed by atoms with van der Waals surface area (Å²) in [6.07, 6.45) is 0. The van der Waals surface area contributed by atoms with Crippen LogP contribution in [0.4, 0.5) is 0 Å². The molecule has 0 atom stereocenters. The van der Waals surface area contributed by atoms with Crippen molar-refractivity contribution in [2.24, 2.45) is 0 Å². The van der Waals surface area contributed by atoms with Crippen molar-refractivity contribution in [3.63, 3.8) is 0 Å². The van der Waals surface area contributed by atoms with Crippen LogP contribution in [0.5, 0.6) is 11.5 Å². The Morgan fingerprint density at radius 1 is 1.19 bits per heavy atom. The molecule has 0 saturated carbocycles. The quantitative estimate of drug-likeness (QED) is 0.801. The van der Waals surface area contributed by atoms with Gasteiger partial charge in [0.25, 0.3) is 0 Å². The van der Waals surface area contributed by atoms with Crippen molar-refractivity contribution in [2.45, 2.75) is 26.2 Å². The van der Waals surface area contributed by atoms with E-state index in [2.05, 4.69) is 25.0 Å². The predicted octanol–water partition coefficient (Wildman–Crippen LogP) is 2.63. The van der Waals surface area contributed by atoms with Gasteiger partial charge in [0, 0.05) is 6.54 Å². The summed E-state index contributed by atoms with van der Waals surface area (Å²) < 4.78 is 11.3. The minimum absolute atomic E-state index is 0.808. The molecule has 1 rings (SSSR count). The van der Waals surface area contributed by atoms with Crippen LogP contribution in [-0.2, 0) is 6.54 Å². The molecule has 4 heteroatoms. The molecular formula is C12H21NO2Si. The van der Waals surface area contributed by atoms with Gasteiger partial charge in [-0.25, -0.2) is 0 Å². The Bertz CT molecular complexity index is 347. The second-order valence-electron chi connectivity index (χ2n) is 4.73. The van der Waals surface area contributed by atoms with E-state index in [1.165, 1.54) is 5.56 Å². The van der Waals surface area contributed by atoms with Gasteiger partial charge in [-0.2, -0.15) is 0 Å². The van der Waals surface area contributed by atoms with E-state index in [9.17, 15) is 0 Å². The van der Waals surface area contributed by atoms with Crippen molar-refractivity contribution in [3.05, 3.63) is 23.8 Å². The van der Waals surface area contributed by atoms with E-state index in [0.29, 0.717) is 0 Å². The molecule has 16 heavy (non-hydrogen) atoms. The van der Waals surface area contributed by atoms with Gasteiger partial charge in [-0.1, -0.05) is 6.07 Å². The van der Waals surface area contributed by atoms with Crippen LogP contribution in [0.15, 0.2) is 18.2 Å². The third-order valence-electron chi connectivity index (χ3n) is 2.03. The summed E-state index contributed by atoms with van der Waals surface area (Å²) in [5.74, 6) is 1.66. The fraction of sp³-hybridized carbons (Fsp3) is 0.500. The molecule has 0 heterocycles. The Morgan fingerprint density at radius 2 is 1.88 bits per heavy atom. The van der Waals surface area contributed by atoms with Crippen molar-refractivity contribution in [1.82, 2.24) is 5.32 Å². The van der Waals surface area contributed by atoms with Gasteiger partial charge in [0.2, 0.25) is 8.32 Å². The lowest BCUT2D eigenvalue weighted by atomic mass is 10.2. The topological polar surface area (TPSA) is 30.5 Å². The molecule has 0 bridgehead atoms. The van der Waals surface area contributed by atoms with E-state index in [1.54, 1.807) is 7.11 Å². The Morgan fingerprint density at radius 3 is 2.38 bits per heavy atom. The van der Waals surface area contributed by atoms with Crippen molar-refractivity contribution in [3.8, 4) is 11.5 Å². The van der Waals surface area contributed by atoms with Gasteiger partial charge in [-0.05, 0) is 44.4 Å². The third kappa shape index (κ3) is 3.87. The molecule has 1 aromatic carbocycles. The van der Waals surface area contributed by atoms with Crippen LogP contribution in [0.3, 0.4) is 0 Å². The first-order chi connectivity index (χ1) is 7.46. The molecular weight excluding hydrogens is 218 g/mol. The van der Waals surface area contributed by atoms with Crippen LogP contribution in [0, 0.1) is 0 Å². The largest absolute Gasteiger partial charge is 0.542 e. The van der Waals surface area contributed by atoms with Gasteiger partial charge in [0.15, 0.2) is 5.75 Å². The highest BCUT2D eigenvalue weighted by Crippen LogP contribution is 2.30. The fourth-order valence-corrected chi connectivity index (χ4v) is 2.26. The number of ether oxygens (including phenoxy) is 1. The van der Waals surface area contributed by atoms with Crippen LogP contribution >= 0.6 is 0 Å². The Labute approximate surface area is 98.9 Å². The average molecular weight is 239 g/mol. The van der Waals surface area contributed by atoms with Crippen LogP contribution < -0.4 is 14.5 Å². The summed E-state index contributed by atoms with van der Waals surface area (Å²) in [6.45, 7) is 7.33. The standard InChI is InChI=1S/C12H21NO2Si/c1-13-9-10-6-7-11(14-2)12(8-10)15-16(3,4)5/h6-8,13H,9H2,1-5H3. The maximum absolute atomic E-state index is 6.00. The van der Waals surface area contributed by atoms with E-state index < -0.39 is 8.32 Å². The Balaban J connectivity index is 2.97. The third-order valence-corrected chi connectivity index (χ3v) is 2.86. The first-order valence-corrected chi connectivity index (χ1v) is 8.87. The monoisotopic (exact) mass is 239 g/mol. The molecule has 0 spiro atoms. The number of nitrogens with one attached hydrogen (secondary N) is 1. The molecule has 90 valence electrons. The maximum Gasteiger partial charge on any atom is 0.242 e. The molecule has 0 saturated heterocycles. The summed E-state index contributed by atoms with van der Waals surface area (Å²) in [4.78, 5) is 0. The molecule has 0 amide bonds. The molecule has 0 aliphatic rings. The minimum Gasteiger partial charge on any atom is -0.542 e. The van der Waals surface area contributed by atoms with Crippen LogP contribution in [0.2, 0.25) is 19.6 Å². The van der Waals surface area contributed by atoms with E-state index in [0.717, 1.165) is 18.0 Å². The van der Waals surface area contributed by atoms with E-state index in [1.807, 2.05) is 25.2 Å². The van der Waals surface area contributed by atoms with E-state index in [-0.39, 0.29) is 0 Å². The number of hydrogen-bond donors (Lipinski definition) is 1. The number of methoxy groups -OCH3 is 1. The van der Waals surface area contributed by atoms with Crippen molar-refractivity contribution in [2.75, 3.05) is 14.2 Å². The fourth-order valence-electron chi connectivity index (χ4n) is 1.44. The number of hydrogen-bond acceptors (Lipinski definition) is 3. The molecule has 0 aromatic heterocycles. The normalized spacial score (nSPS) is 11.3. The molecule has 0 aliphatic carbocycles. The Hall–Kier alpha value is -1.00. The summed E-state index contributed by atoms with van der Waals surface area (Å²) in [5.41, 5.74) is 1.21. The SMILES string of the molecule is CNCc1ccc(OC)c(O[Si](C)(C)C)c1. The van der Waals surface area contributed by atoms with E-state index >= 15 is 0 Å². The summed E-state index contributed by atoms with van der Waals surface area (Å²) in [5, 5.41) is 3.13. The lowest BCUT2D eigenvalue weighted by Gasteiger charge is -2.21. The smallest absolute Gasteiger partial charge is 0.242 e. The highest BCUT2D eigenvalue weighted by molar-refractivity contribution is 6.70. The molecule has 0 aliphatic heterocycles. The van der Waals surface area contributed by atoms with Crippen molar-refractivity contribution >= 4 is 8.32 Å². The second-order valence-corrected chi connectivity index (χ2v) is 9.16. The maximum atomic E-state index is 6.00. The number of benzene rings is 1. The van der Waals surface area contributed by atoms with Gasteiger partial charge in [0.05, 0.1) is 7.11 Å². The van der Waals surface area contributed by atoms with Crippen LogP contribution in [0.1, 0.15) is 5.56 Å². The van der Waals surface area contributed by atoms with Crippen molar-refractivity contribution < 1.29 is 9.16 Å². The molecule has 0 radical (unpaired) electrons. The lowest BCUT2D eigenvalue weighted by Crippen LogP contribution is -2.29. The zero-order valence-corrected chi connectivity index (χ0v) is 11.8. The molecule has 1 aromatic rings. The van der Waals surface area contributed by atoms with Gasteiger partial charge < -0.3 is 14.5 Å². The molecule has 3 nitrogen and oxygen atoms in total. The van der Waals surface area contributed by atoms with Gasteiger partial charge in [-0.3, -0.25) is 0 Å². The van der Waals surface area contributed by atoms with E-state index in [4.69, 9.17) is 9.16 Å². The minimum atomic E-state index is -1.59. The number of rotatable bonds is 5. The molecule has 0 unspecified atom stereocenters. The molecule has 1 N–H and O–H groups in total. The molecule has 0 fully saturated rings. The Kier molecular flexibility index (Phi) is 4.38. The van der Waals surface area contributed by atoms with Gasteiger partial charge >= 0.3 is 0 Å². The average Bonchev–Trinajstić information content (AvgIpc) is 2.16. The van der Waals surface area contributed by atoms with Crippen LogP contribution in [-0.4, -0.2) is 22.5 Å². The lowest BCUT2D eigenvalue weighted by molar-refractivity contribution is 0.391. The summed E-state index contributed by atoms with van der Waals surface area (Å²) >= 11 is 0. The highest BCUT2D eigenvalue weighted by atomic mass is 28.4. The first-order valence-electron chi connectivity index (χ1n) is 5.47. The van der Waals surface area contributed by atoms with Crippen molar-refractivity contribution in [1.29, 1.82) is 0 Å². The summed E-state index contributed by atoms with van der Waals surface area (Å²) in [7, 11) is 2.01.